The lowest BCUT2D eigenvalue weighted by molar-refractivity contribution is 0.0927. The van der Waals surface area contributed by atoms with Crippen molar-refractivity contribution in [3.05, 3.63) is 35.9 Å². The second-order valence-electron chi connectivity index (χ2n) is 7.82. The molecule has 3 heterocycles. The number of sulfonamides is 1. The molecule has 1 aliphatic carbocycles. The van der Waals surface area contributed by atoms with E-state index in [9.17, 15) is 8.42 Å². The maximum Gasteiger partial charge on any atom is 0.216 e. The Hall–Kier alpha value is -0.950. The molecule has 1 N–H and O–H groups in total. The average Bonchev–Trinajstić information content (AvgIpc) is 3.11. The fraction of sp³-hybridized carbons (Fsp3) is 0.684. The number of rotatable bonds is 6. The van der Waals surface area contributed by atoms with Crippen LogP contribution in [0.25, 0.3) is 0 Å². The topological polar surface area (TPSA) is 58.6 Å². The zero-order valence-corrected chi connectivity index (χ0v) is 15.6. The molecule has 138 valence electrons. The third-order valence-electron chi connectivity index (χ3n) is 6.42. The molecule has 3 aliphatic heterocycles. The van der Waals surface area contributed by atoms with Gasteiger partial charge in [0, 0.05) is 26.2 Å². The van der Waals surface area contributed by atoms with Crippen LogP contribution in [0.4, 0.5) is 0 Å². The zero-order valence-electron chi connectivity index (χ0n) is 14.8. The van der Waals surface area contributed by atoms with E-state index in [4.69, 9.17) is 4.74 Å². The highest BCUT2D eigenvalue weighted by atomic mass is 32.2. The third-order valence-corrected chi connectivity index (χ3v) is 8.30. The number of nitrogens with zero attached hydrogens (tertiary/aromatic N) is 1. The van der Waals surface area contributed by atoms with Gasteiger partial charge in [0.15, 0.2) is 0 Å². The Labute approximate surface area is 150 Å². The largest absolute Gasteiger partial charge is 0.380 e. The first-order chi connectivity index (χ1) is 12.1. The van der Waals surface area contributed by atoms with E-state index in [1.54, 1.807) is 11.4 Å². The Balaban J connectivity index is 1.43. The van der Waals surface area contributed by atoms with Crippen molar-refractivity contribution >= 4 is 10.0 Å². The quantitative estimate of drug-likeness (QED) is 0.831. The summed E-state index contributed by atoms with van der Waals surface area (Å²) in [6, 6.07) is 10.5. The second kappa shape index (κ2) is 6.99. The van der Waals surface area contributed by atoms with Gasteiger partial charge >= 0.3 is 0 Å². The number of benzene rings is 1. The van der Waals surface area contributed by atoms with E-state index in [1.165, 1.54) is 12.8 Å². The molecule has 0 amide bonds. The summed E-state index contributed by atoms with van der Waals surface area (Å²) in [6.07, 6.45) is 2.78. The fourth-order valence-corrected chi connectivity index (χ4v) is 6.76. The zero-order chi connectivity index (χ0) is 17.4. The van der Waals surface area contributed by atoms with Crippen LogP contribution in [-0.4, -0.2) is 57.4 Å². The highest BCUT2D eigenvalue weighted by Crippen LogP contribution is 2.44. The molecule has 5 unspecified atom stereocenters. The van der Waals surface area contributed by atoms with Gasteiger partial charge in [0.1, 0.15) is 0 Å². The smallest absolute Gasteiger partial charge is 0.216 e. The Kier molecular flexibility index (Phi) is 4.88. The summed E-state index contributed by atoms with van der Waals surface area (Å²) < 4.78 is 33.2. The van der Waals surface area contributed by atoms with Crippen LogP contribution in [0.2, 0.25) is 0 Å². The Bertz CT molecular complexity index is 666. The number of ether oxygens (including phenoxy) is 1. The minimum absolute atomic E-state index is 0.0700. The SMILES string of the molecule is COC(Cc1ccccc1)CS(=O)(=O)N1CC2C3CCC(NC3)C2C1. The van der Waals surface area contributed by atoms with Gasteiger partial charge in [-0.05, 0) is 49.1 Å². The number of hydrogen-bond donors (Lipinski definition) is 1. The summed E-state index contributed by atoms with van der Waals surface area (Å²) in [4.78, 5) is 0. The van der Waals surface area contributed by atoms with Crippen molar-refractivity contribution in [2.45, 2.75) is 31.4 Å². The molecule has 0 aromatic heterocycles. The summed E-state index contributed by atoms with van der Waals surface area (Å²) in [5, 5.41) is 3.60. The maximum atomic E-state index is 13.0. The standard InChI is InChI=1S/C19H28N2O3S/c1-24-16(9-14-5-3-2-4-6-14)13-25(22,23)21-11-17-15-7-8-19(20-10-15)18(17)12-21/h2-6,15-20H,7-13H2,1H3. The first kappa shape index (κ1) is 17.5. The molecule has 5 rings (SSSR count). The van der Waals surface area contributed by atoms with Crippen LogP contribution in [-0.2, 0) is 21.2 Å². The molecule has 6 heteroatoms. The van der Waals surface area contributed by atoms with Crippen molar-refractivity contribution in [2.24, 2.45) is 17.8 Å². The minimum atomic E-state index is -3.29. The average molecular weight is 365 g/mol. The lowest BCUT2D eigenvalue weighted by Gasteiger charge is -2.45. The van der Waals surface area contributed by atoms with Crippen LogP contribution >= 0.6 is 0 Å². The highest BCUT2D eigenvalue weighted by molar-refractivity contribution is 7.89. The molecule has 4 aliphatic rings. The number of piperidine rings is 2. The molecule has 1 saturated carbocycles. The molecule has 1 aromatic carbocycles. The van der Waals surface area contributed by atoms with E-state index in [-0.39, 0.29) is 11.9 Å². The molecule has 5 atom stereocenters. The van der Waals surface area contributed by atoms with Gasteiger partial charge in [0.05, 0.1) is 11.9 Å². The van der Waals surface area contributed by atoms with E-state index in [0.29, 0.717) is 43.3 Å². The maximum absolute atomic E-state index is 13.0. The van der Waals surface area contributed by atoms with Gasteiger partial charge in [-0.25, -0.2) is 12.7 Å². The van der Waals surface area contributed by atoms with Crippen LogP contribution in [0, 0.1) is 17.8 Å². The molecular weight excluding hydrogens is 336 g/mol. The lowest BCUT2D eigenvalue weighted by Crippen LogP contribution is -2.54. The molecule has 0 spiro atoms. The Morgan fingerprint density at radius 1 is 1.20 bits per heavy atom. The van der Waals surface area contributed by atoms with E-state index >= 15 is 0 Å². The summed E-state index contributed by atoms with van der Waals surface area (Å²) in [6.45, 7) is 2.45. The Morgan fingerprint density at radius 3 is 2.60 bits per heavy atom. The van der Waals surface area contributed by atoms with E-state index in [0.717, 1.165) is 12.1 Å². The van der Waals surface area contributed by atoms with Crippen molar-refractivity contribution in [3.8, 4) is 0 Å². The van der Waals surface area contributed by atoms with Gasteiger partial charge in [-0.3, -0.25) is 0 Å². The van der Waals surface area contributed by atoms with E-state index in [1.807, 2.05) is 30.3 Å². The molecule has 1 aromatic rings. The third kappa shape index (κ3) is 3.50. The van der Waals surface area contributed by atoms with Crippen LogP contribution in [0.15, 0.2) is 30.3 Å². The second-order valence-corrected chi connectivity index (χ2v) is 9.84. The van der Waals surface area contributed by atoms with Gasteiger partial charge in [-0.15, -0.1) is 0 Å². The van der Waals surface area contributed by atoms with Gasteiger partial charge in [0.2, 0.25) is 10.0 Å². The number of methoxy groups -OCH3 is 1. The molecule has 0 radical (unpaired) electrons. The van der Waals surface area contributed by atoms with Crippen LogP contribution in [0.3, 0.4) is 0 Å². The molecule has 5 nitrogen and oxygen atoms in total. The van der Waals surface area contributed by atoms with Gasteiger partial charge in [-0.1, -0.05) is 30.3 Å². The van der Waals surface area contributed by atoms with Crippen molar-refractivity contribution in [2.75, 3.05) is 32.5 Å². The molecule has 2 bridgehead atoms. The van der Waals surface area contributed by atoms with Gasteiger partial charge in [0.25, 0.3) is 0 Å². The lowest BCUT2D eigenvalue weighted by atomic mass is 9.68. The van der Waals surface area contributed by atoms with Crippen LogP contribution in [0.1, 0.15) is 18.4 Å². The summed E-state index contributed by atoms with van der Waals surface area (Å²) in [5.74, 6) is 1.76. The predicted octanol–water partition coefficient (Wildman–Crippen LogP) is 1.50. The van der Waals surface area contributed by atoms with Crippen molar-refractivity contribution in [3.63, 3.8) is 0 Å². The minimum Gasteiger partial charge on any atom is -0.380 e. The van der Waals surface area contributed by atoms with Gasteiger partial charge in [-0.2, -0.15) is 0 Å². The Morgan fingerprint density at radius 2 is 1.96 bits per heavy atom. The van der Waals surface area contributed by atoms with Crippen molar-refractivity contribution in [1.29, 1.82) is 0 Å². The van der Waals surface area contributed by atoms with Crippen LogP contribution in [0.5, 0.6) is 0 Å². The normalized spacial score (nSPS) is 33.3. The number of fused-ring (bicyclic) bond motifs is 2. The highest BCUT2D eigenvalue weighted by Gasteiger charge is 2.50. The molecule has 25 heavy (non-hydrogen) atoms. The predicted molar refractivity (Wildman–Crippen MR) is 97.8 cm³/mol. The summed E-state index contributed by atoms with van der Waals surface area (Å²) >= 11 is 0. The van der Waals surface area contributed by atoms with E-state index in [2.05, 4.69) is 5.32 Å². The number of nitrogens with one attached hydrogen (secondary N) is 1. The molecule has 4 fully saturated rings. The van der Waals surface area contributed by atoms with Crippen molar-refractivity contribution in [1.82, 2.24) is 9.62 Å². The van der Waals surface area contributed by atoms with E-state index < -0.39 is 10.0 Å². The van der Waals surface area contributed by atoms with Crippen LogP contribution < -0.4 is 5.32 Å². The van der Waals surface area contributed by atoms with Crippen molar-refractivity contribution < 1.29 is 13.2 Å². The summed E-state index contributed by atoms with van der Waals surface area (Å²) in [7, 11) is -1.68. The first-order valence-corrected chi connectivity index (χ1v) is 11.0. The monoisotopic (exact) mass is 364 g/mol. The fourth-order valence-electron chi connectivity index (χ4n) is 5.03. The molecule has 3 saturated heterocycles. The summed E-state index contributed by atoms with van der Waals surface area (Å²) in [5.41, 5.74) is 1.11. The number of hydrogen-bond acceptors (Lipinski definition) is 4. The first-order valence-electron chi connectivity index (χ1n) is 9.35. The van der Waals surface area contributed by atoms with Gasteiger partial charge < -0.3 is 10.1 Å². The molecular formula is C19H28N2O3S.